The predicted molar refractivity (Wildman–Crippen MR) is 60.0 cm³/mol. The van der Waals surface area contributed by atoms with Crippen LogP contribution in [0.5, 0.6) is 0 Å². The standard InChI is InChI=1S/C14H24/c1-3-10-8-14-12-5-4-11(7-12)13(14)6-9(10)2/h9-14H,3-8H2,1-2H3. The van der Waals surface area contributed by atoms with E-state index in [1.165, 1.54) is 6.42 Å². The molecule has 0 heteroatoms. The average molecular weight is 192 g/mol. The first-order valence-electron chi connectivity index (χ1n) is 6.79. The smallest absolute Gasteiger partial charge is 0.0352 e. The van der Waals surface area contributed by atoms with Crippen molar-refractivity contribution in [3.63, 3.8) is 0 Å². The highest BCUT2D eigenvalue weighted by molar-refractivity contribution is 5.00. The van der Waals surface area contributed by atoms with Crippen molar-refractivity contribution in [2.75, 3.05) is 0 Å². The third-order valence-corrected chi connectivity index (χ3v) is 5.82. The Morgan fingerprint density at radius 1 is 0.929 bits per heavy atom. The Morgan fingerprint density at radius 3 is 2.21 bits per heavy atom. The van der Waals surface area contributed by atoms with E-state index in [2.05, 4.69) is 13.8 Å². The molecule has 0 radical (unpaired) electrons. The first kappa shape index (κ1) is 9.24. The lowest BCUT2D eigenvalue weighted by atomic mass is 9.63. The summed E-state index contributed by atoms with van der Waals surface area (Å²) in [7, 11) is 0. The van der Waals surface area contributed by atoms with Gasteiger partial charge in [-0.25, -0.2) is 0 Å². The molecule has 14 heavy (non-hydrogen) atoms. The van der Waals surface area contributed by atoms with Crippen LogP contribution in [0.4, 0.5) is 0 Å². The maximum Gasteiger partial charge on any atom is -0.0352 e. The van der Waals surface area contributed by atoms with Gasteiger partial charge >= 0.3 is 0 Å². The number of hydrogen-bond donors (Lipinski definition) is 0. The molecule has 0 nitrogen and oxygen atoms in total. The molecule has 0 heterocycles. The van der Waals surface area contributed by atoms with Crippen molar-refractivity contribution in [2.24, 2.45) is 35.5 Å². The zero-order valence-corrected chi connectivity index (χ0v) is 9.71. The van der Waals surface area contributed by atoms with Gasteiger partial charge in [0.25, 0.3) is 0 Å². The normalized spacial score (nSPS) is 56.1. The fourth-order valence-electron chi connectivity index (χ4n) is 5.04. The summed E-state index contributed by atoms with van der Waals surface area (Å²) in [6.07, 6.45) is 9.36. The quantitative estimate of drug-likeness (QED) is 0.586. The van der Waals surface area contributed by atoms with E-state index in [0.29, 0.717) is 0 Å². The molecule has 2 bridgehead atoms. The van der Waals surface area contributed by atoms with Crippen molar-refractivity contribution in [3.05, 3.63) is 0 Å². The molecule has 0 aromatic heterocycles. The van der Waals surface area contributed by atoms with Crippen LogP contribution < -0.4 is 0 Å². The van der Waals surface area contributed by atoms with E-state index in [4.69, 9.17) is 0 Å². The van der Waals surface area contributed by atoms with Crippen LogP contribution in [0.15, 0.2) is 0 Å². The molecule has 0 aliphatic heterocycles. The van der Waals surface area contributed by atoms with Gasteiger partial charge in [0.2, 0.25) is 0 Å². The van der Waals surface area contributed by atoms with Crippen LogP contribution in [-0.4, -0.2) is 0 Å². The van der Waals surface area contributed by atoms with E-state index in [1.54, 1.807) is 32.1 Å². The van der Waals surface area contributed by atoms with E-state index in [0.717, 1.165) is 35.5 Å². The minimum atomic E-state index is 1.03. The largest absolute Gasteiger partial charge is 0.0651 e. The highest BCUT2D eigenvalue weighted by atomic mass is 14.6. The molecular weight excluding hydrogens is 168 g/mol. The third kappa shape index (κ3) is 1.19. The molecule has 3 aliphatic rings. The van der Waals surface area contributed by atoms with Crippen LogP contribution in [0.1, 0.15) is 52.4 Å². The molecule has 80 valence electrons. The molecule has 3 aliphatic carbocycles. The van der Waals surface area contributed by atoms with Gasteiger partial charge in [-0.2, -0.15) is 0 Å². The van der Waals surface area contributed by atoms with Crippen molar-refractivity contribution in [1.82, 2.24) is 0 Å². The Labute approximate surface area is 88.5 Å². The van der Waals surface area contributed by atoms with E-state index in [1.807, 2.05) is 0 Å². The molecular formula is C14H24. The topological polar surface area (TPSA) is 0 Å². The summed E-state index contributed by atoms with van der Waals surface area (Å²) in [6, 6.07) is 0. The number of hydrogen-bond acceptors (Lipinski definition) is 0. The van der Waals surface area contributed by atoms with Crippen LogP contribution >= 0.6 is 0 Å². The molecule has 0 aromatic carbocycles. The summed E-state index contributed by atoms with van der Waals surface area (Å²) < 4.78 is 0. The summed E-state index contributed by atoms with van der Waals surface area (Å²) in [5.41, 5.74) is 0. The first-order valence-corrected chi connectivity index (χ1v) is 6.79. The van der Waals surface area contributed by atoms with Crippen LogP contribution in [0.2, 0.25) is 0 Å². The summed E-state index contributed by atoms with van der Waals surface area (Å²) in [4.78, 5) is 0. The van der Waals surface area contributed by atoms with Gasteiger partial charge in [0.05, 0.1) is 0 Å². The van der Waals surface area contributed by atoms with Crippen molar-refractivity contribution in [3.8, 4) is 0 Å². The van der Waals surface area contributed by atoms with Crippen molar-refractivity contribution in [2.45, 2.75) is 52.4 Å². The van der Waals surface area contributed by atoms with Crippen molar-refractivity contribution in [1.29, 1.82) is 0 Å². The lowest BCUT2D eigenvalue weighted by Crippen LogP contribution is -2.34. The van der Waals surface area contributed by atoms with Crippen LogP contribution in [-0.2, 0) is 0 Å². The zero-order valence-electron chi connectivity index (χ0n) is 9.71. The summed E-state index contributed by atoms with van der Waals surface area (Å²) in [5.74, 6) is 6.73. The van der Waals surface area contributed by atoms with Crippen molar-refractivity contribution < 1.29 is 0 Å². The van der Waals surface area contributed by atoms with Gasteiger partial charge < -0.3 is 0 Å². The van der Waals surface area contributed by atoms with E-state index < -0.39 is 0 Å². The van der Waals surface area contributed by atoms with E-state index >= 15 is 0 Å². The molecule has 0 N–H and O–H groups in total. The molecule has 0 saturated heterocycles. The molecule has 6 unspecified atom stereocenters. The molecule has 0 aromatic rings. The fourth-order valence-corrected chi connectivity index (χ4v) is 5.04. The molecule has 3 saturated carbocycles. The lowest BCUT2D eigenvalue weighted by molar-refractivity contribution is 0.0756. The second-order valence-corrected chi connectivity index (χ2v) is 6.28. The number of fused-ring (bicyclic) bond motifs is 5. The van der Waals surface area contributed by atoms with Gasteiger partial charge in [0.15, 0.2) is 0 Å². The SMILES string of the molecule is CCC1CC2C3CCC(C3)C2CC1C. The monoisotopic (exact) mass is 192 g/mol. The highest BCUT2D eigenvalue weighted by Gasteiger charge is 2.50. The third-order valence-electron chi connectivity index (χ3n) is 5.82. The number of rotatable bonds is 1. The van der Waals surface area contributed by atoms with E-state index in [9.17, 15) is 0 Å². The molecule has 0 spiro atoms. The highest BCUT2D eigenvalue weighted by Crippen LogP contribution is 2.59. The zero-order chi connectivity index (χ0) is 9.71. The lowest BCUT2D eigenvalue weighted by Gasteiger charge is -2.42. The minimum Gasteiger partial charge on any atom is -0.0651 e. The maximum atomic E-state index is 2.51. The molecule has 6 atom stereocenters. The van der Waals surface area contributed by atoms with Gasteiger partial charge in [-0.15, -0.1) is 0 Å². The van der Waals surface area contributed by atoms with Crippen LogP contribution in [0, 0.1) is 35.5 Å². The van der Waals surface area contributed by atoms with Crippen LogP contribution in [0.3, 0.4) is 0 Å². The summed E-state index contributed by atoms with van der Waals surface area (Å²) in [5, 5.41) is 0. The Morgan fingerprint density at radius 2 is 1.57 bits per heavy atom. The Hall–Kier alpha value is 0. The summed E-state index contributed by atoms with van der Waals surface area (Å²) in [6.45, 7) is 4.91. The van der Waals surface area contributed by atoms with Gasteiger partial charge in [-0.3, -0.25) is 0 Å². The van der Waals surface area contributed by atoms with Gasteiger partial charge in [-0.1, -0.05) is 20.3 Å². The van der Waals surface area contributed by atoms with Gasteiger partial charge in [0, 0.05) is 0 Å². The molecule has 0 amide bonds. The molecule has 3 fully saturated rings. The first-order chi connectivity index (χ1) is 6.79. The Bertz CT molecular complexity index is 220. The van der Waals surface area contributed by atoms with E-state index in [-0.39, 0.29) is 0 Å². The average Bonchev–Trinajstić information content (AvgIpc) is 2.77. The van der Waals surface area contributed by atoms with Gasteiger partial charge in [0.1, 0.15) is 0 Å². The fraction of sp³-hybridized carbons (Fsp3) is 1.00. The predicted octanol–water partition coefficient (Wildman–Crippen LogP) is 4.10. The Balaban J connectivity index is 1.77. The maximum absolute atomic E-state index is 2.51. The summed E-state index contributed by atoms with van der Waals surface area (Å²) >= 11 is 0. The second-order valence-electron chi connectivity index (χ2n) is 6.28. The Kier molecular flexibility index (Phi) is 2.15. The minimum absolute atomic E-state index is 1.03. The van der Waals surface area contributed by atoms with Gasteiger partial charge in [-0.05, 0) is 67.6 Å². The van der Waals surface area contributed by atoms with Crippen LogP contribution in [0.25, 0.3) is 0 Å². The second kappa shape index (κ2) is 3.25. The molecule has 3 rings (SSSR count). The van der Waals surface area contributed by atoms with Crippen molar-refractivity contribution >= 4 is 0 Å².